The van der Waals surface area contributed by atoms with E-state index in [-0.39, 0.29) is 27.7 Å². The summed E-state index contributed by atoms with van der Waals surface area (Å²) in [5, 5.41) is 15.4. The molecule has 1 heterocycles. The summed E-state index contributed by atoms with van der Waals surface area (Å²) in [6.45, 7) is 0. The maximum Gasteiger partial charge on any atom is 0.326 e. The molecule has 4 rings (SSSR count). The zero-order valence-electron chi connectivity index (χ0n) is 18.0. The molecule has 1 amide bonds. The molecular formula is C24H22Cl2FN3O4. The highest BCUT2D eigenvalue weighted by Gasteiger charge is 2.55. The number of pyridine rings is 1. The fourth-order valence-corrected chi connectivity index (χ4v) is 5.11. The molecule has 1 aromatic heterocycles. The number of halogens is 3. The topological polar surface area (TPSA) is 108 Å². The largest absolute Gasteiger partial charge is 0.480 e. The van der Waals surface area contributed by atoms with E-state index < -0.39 is 34.9 Å². The number of nitrogens with zero attached hydrogens (tertiary/aromatic N) is 1. The molecule has 178 valence electrons. The Balaban J connectivity index is 1.45. The second-order valence-corrected chi connectivity index (χ2v) is 9.34. The number of carboxylic acid groups (broad SMARTS) is 1. The first kappa shape index (κ1) is 24.2. The number of anilines is 1. The van der Waals surface area contributed by atoms with Crippen LogP contribution in [0.1, 0.15) is 48.0 Å². The van der Waals surface area contributed by atoms with Crippen LogP contribution in [0.3, 0.4) is 0 Å². The summed E-state index contributed by atoms with van der Waals surface area (Å²) in [6.07, 6.45) is 6.37. The number of amides is 1. The highest BCUT2D eigenvalue weighted by Crippen LogP contribution is 2.52. The number of nitrogens with one attached hydrogen (secondary N) is 2. The van der Waals surface area contributed by atoms with Crippen LogP contribution in [0.5, 0.6) is 0 Å². The number of allylic oxidation sites excluding steroid dienone is 2. The first-order valence-corrected chi connectivity index (χ1v) is 11.6. The van der Waals surface area contributed by atoms with Gasteiger partial charge in [-0.25, -0.2) is 9.18 Å². The Labute approximate surface area is 205 Å². The summed E-state index contributed by atoms with van der Waals surface area (Å²) in [5.74, 6) is -3.04. The van der Waals surface area contributed by atoms with Gasteiger partial charge in [-0.15, -0.1) is 0 Å². The lowest BCUT2D eigenvalue weighted by molar-refractivity contribution is -0.140. The third-order valence-corrected chi connectivity index (χ3v) is 6.96. The molecule has 2 aliphatic rings. The zero-order chi connectivity index (χ0) is 24.5. The molecule has 0 aliphatic heterocycles. The predicted molar refractivity (Wildman–Crippen MR) is 126 cm³/mol. The van der Waals surface area contributed by atoms with Crippen molar-refractivity contribution in [2.24, 2.45) is 5.41 Å². The third kappa shape index (κ3) is 4.52. The molecule has 0 radical (unpaired) electrons. The number of aliphatic carboxylic acids is 1. The Morgan fingerprint density at radius 3 is 2.29 bits per heavy atom. The molecule has 2 aromatic rings. The van der Waals surface area contributed by atoms with Crippen molar-refractivity contribution in [2.75, 3.05) is 5.32 Å². The van der Waals surface area contributed by atoms with Crippen LogP contribution in [0.2, 0.25) is 10.0 Å². The first-order valence-electron chi connectivity index (χ1n) is 10.9. The van der Waals surface area contributed by atoms with Gasteiger partial charge in [0.25, 0.3) is 5.91 Å². The zero-order valence-corrected chi connectivity index (χ0v) is 19.5. The van der Waals surface area contributed by atoms with Crippen molar-refractivity contribution in [3.8, 4) is 0 Å². The van der Waals surface area contributed by atoms with Crippen molar-refractivity contribution in [2.45, 2.75) is 44.6 Å². The minimum atomic E-state index is -1.15. The van der Waals surface area contributed by atoms with E-state index in [1.165, 1.54) is 12.4 Å². The van der Waals surface area contributed by atoms with Gasteiger partial charge in [0, 0.05) is 24.5 Å². The van der Waals surface area contributed by atoms with Gasteiger partial charge in [0.05, 0.1) is 26.7 Å². The van der Waals surface area contributed by atoms with E-state index in [0.29, 0.717) is 24.1 Å². The standard InChI is InChI=1S/C24H22Cl2FN3O4/c25-15-11-28-12-16(26)18(15)22(32)29-14-6-4-13(5-7-14)10-17(23(33)34)30-20-19(27)21(31)24(20)8-2-1-3-9-24/h4-7,11-12,17,30H,1-3,8-10H2,(H,29,32)(H,33,34)/t17-/m0/s1. The van der Waals surface area contributed by atoms with Gasteiger partial charge < -0.3 is 15.7 Å². The third-order valence-electron chi connectivity index (χ3n) is 6.39. The molecular weight excluding hydrogens is 484 g/mol. The number of Topliss-reactive ketones (excluding diaryl/α,β-unsaturated/α-hetero) is 1. The molecule has 1 aromatic carbocycles. The quantitative estimate of drug-likeness (QED) is 0.491. The molecule has 1 fully saturated rings. The van der Waals surface area contributed by atoms with E-state index in [4.69, 9.17) is 23.2 Å². The Morgan fingerprint density at radius 2 is 1.71 bits per heavy atom. The van der Waals surface area contributed by atoms with E-state index in [0.717, 1.165) is 19.3 Å². The maximum atomic E-state index is 14.4. The summed E-state index contributed by atoms with van der Waals surface area (Å²) in [6, 6.07) is 5.45. The molecule has 2 aliphatic carbocycles. The highest BCUT2D eigenvalue weighted by atomic mass is 35.5. The van der Waals surface area contributed by atoms with Crippen LogP contribution in [-0.4, -0.2) is 33.8 Å². The van der Waals surface area contributed by atoms with Crippen LogP contribution in [0.25, 0.3) is 0 Å². The molecule has 1 atom stereocenters. The van der Waals surface area contributed by atoms with E-state index in [1.54, 1.807) is 24.3 Å². The van der Waals surface area contributed by atoms with Gasteiger partial charge in [-0.1, -0.05) is 54.6 Å². The van der Waals surface area contributed by atoms with Crippen LogP contribution in [-0.2, 0) is 16.0 Å². The average molecular weight is 506 g/mol. The predicted octanol–water partition coefficient (Wildman–Crippen LogP) is 4.94. The molecule has 0 saturated heterocycles. The SMILES string of the molecule is O=C(Nc1ccc(C[C@H](NC2=C(F)C(=O)C23CCCCC3)C(=O)O)cc1)c1c(Cl)cncc1Cl. The molecule has 10 heteroatoms. The van der Waals surface area contributed by atoms with Crippen LogP contribution in [0.15, 0.2) is 48.2 Å². The van der Waals surface area contributed by atoms with Crippen molar-refractivity contribution < 1.29 is 23.9 Å². The average Bonchev–Trinajstić information content (AvgIpc) is 2.82. The van der Waals surface area contributed by atoms with E-state index in [2.05, 4.69) is 15.6 Å². The van der Waals surface area contributed by atoms with Crippen molar-refractivity contribution in [1.82, 2.24) is 10.3 Å². The minimum Gasteiger partial charge on any atom is -0.480 e. The lowest BCUT2D eigenvalue weighted by Crippen LogP contribution is -2.53. The summed E-state index contributed by atoms with van der Waals surface area (Å²) >= 11 is 12.0. The molecule has 1 spiro atoms. The number of carboxylic acids is 1. The molecule has 0 unspecified atom stereocenters. The first-order chi connectivity index (χ1) is 16.2. The Kier molecular flexibility index (Phi) is 6.91. The summed E-state index contributed by atoms with van der Waals surface area (Å²) in [7, 11) is 0. The highest BCUT2D eigenvalue weighted by molar-refractivity contribution is 6.40. The number of hydrogen-bond acceptors (Lipinski definition) is 5. The van der Waals surface area contributed by atoms with Crippen molar-refractivity contribution >= 4 is 46.5 Å². The van der Waals surface area contributed by atoms with Gasteiger partial charge in [-0.05, 0) is 30.5 Å². The lowest BCUT2D eigenvalue weighted by atomic mass is 9.61. The smallest absolute Gasteiger partial charge is 0.326 e. The fraction of sp³-hybridized carbons (Fsp3) is 0.333. The Morgan fingerprint density at radius 1 is 1.09 bits per heavy atom. The van der Waals surface area contributed by atoms with Crippen LogP contribution < -0.4 is 10.6 Å². The van der Waals surface area contributed by atoms with Crippen molar-refractivity contribution in [3.63, 3.8) is 0 Å². The fourth-order valence-electron chi connectivity index (χ4n) is 4.57. The van der Waals surface area contributed by atoms with Crippen LogP contribution in [0.4, 0.5) is 10.1 Å². The summed E-state index contributed by atoms with van der Waals surface area (Å²) in [5.41, 5.74) is 0.429. The number of aromatic nitrogens is 1. The maximum absolute atomic E-state index is 14.4. The Bertz CT molecular complexity index is 1160. The Hall–Kier alpha value is -2.97. The van der Waals surface area contributed by atoms with E-state index in [9.17, 15) is 23.9 Å². The van der Waals surface area contributed by atoms with Crippen LogP contribution >= 0.6 is 23.2 Å². The van der Waals surface area contributed by atoms with Crippen LogP contribution in [0, 0.1) is 5.41 Å². The van der Waals surface area contributed by atoms with Gasteiger partial charge >= 0.3 is 5.97 Å². The number of benzene rings is 1. The van der Waals surface area contributed by atoms with Crippen molar-refractivity contribution in [1.29, 1.82) is 0 Å². The van der Waals surface area contributed by atoms with Gasteiger partial charge in [-0.3, -0.25) is 14.6 Å². The van der Waals surface area contributed by atoms with Gasteiger partial charge in [0.15, 0.2) is 5.83 Å². The second-order valence-electron chi connectivity index (χ2n) is 8.53. The number of carbonyl (C=O) groups is 3. The summed E-state index contributed by atoms with van der Waals surface area (Å²) < 4.78 is 14.4. The number of carbonyl (C=O) groups excluding carboxylic acids is 2. The van der Waals surface area contributed by atoms with Gasteiger partial charge in [-0.2, -0.15) is 0 Å². The normalized spacial score (nSPS) is 17.8. The molecule has 0 bridgehead atoms. The number of hydrogen-bond donors (Lipinski definition) is 3. The second kappa shape index (κ2) is 9.72. The molecule has 7 nitrogen and oxygen atoms in total. The monoisotopic (exact) mass is 505 g/mol. The molecule has 1 saturated carbocycles. The summed E-state index contributed by atoms with van der Waals surface area (Å²) in [4.78, 5) is 40.5. The van der Waals surface area contributed by atoms with Gasteiger partial charge in [0.1, 0.15) is 6.04 Å². The van der Waals surface area contributed by atoms with Gasteiger partial charge in [0.2, 0.25) is 5.78 Å². The number of rotatable bonds is 7. The van der Waals surface area contributed by atoms with E-state index in [1.807, 2.05) is 0 Å². The van der Waals surface area contributed by atoms with E-state index >= 15 is 0 Å². The molecule has 34 heavy (non-hydrogen) atoms. The van der Waals surface area contributed by atoms with Crippen molar-refractivity contribution in [3.05, 3.63) is 69.4 Å². The molecule has 3 N–H and O–H groups in total. The minimum absolute atomic E-state index is 0.0621. The number of ketones is 1. The lowest BCUT2D eigenvalue weighted by Gasteiger charge is -2.44.